The lowest BCUT2D eigenvalue weighted by atomic mass is 9.82. The summed E-state index contributed by atoms with van der Waals surface area (Å²) in [6.45, 7) is 4.70. The molecular weight excluding hydrogens is 657 g/mol. The molecule has 1 aliphatic carbocycles. The smallest absolute Gasteiger partial charge is 0.137 e. The van der Waals surface area contributed by atoms with Crippen molar-refractivity contribution in [3.05, 3.63) is 193 Å². The van der Waals surface area contributed by atoms with Crippen molar-refractivity contribution in [3.8, 4) is 27.9 Å². The van der Waals surface area contributed by atoms with Crippen LogP contribution < -0.4 is 4.90 Å². The fourth-order valence-electron chi connectivity index (χ4n) is 9.00. The van der Waals surface area contributed by atoms with Gasteiger partial charge in [0.05, 0.1) is 16.4 Å². The average molecular weight is 693 g/mol. The van der Waals surface area contributed by atoms with Gasteiger partial charge in [0, 0.05) is 44.3 Å². The molecule has 0 radical (unpaired) electrons. The highest BCUT2D eigenvalue weighted by molar-refractivity contribution is 6.24. The number of rotatable bonds is 5. The van der Waals surface area contributed by atoms with E-state index in [-0.39, 0.29) is 5.41 Å². The van der Waals surface area contributed by atoms with E-state index in [2.05, 4.69) is 199 Å². The van der Waals surface area contributed by atoms with Crippen molar-refractivity contribution in [2.45, 2.75) is 19.3 Å². The van der Waals surface area contributed by atoms with E-state index in [9.17, 15) is 0 Å². The third-order valence-corrected chi connectivity index (χ3v) is 11.6. The van der Waals surface area contributed by atoms with Gasteiger partial charge in [0.25, 0.3) is 0 Å². The highest BCUT2D eigenvalue weighted by Gasteiger charge is 2.35. The number of aromatic nitrogens is 1. The van der Waals surface area contributed by atoms with Gasteiger partial charge in [0.1, 0.15) is 11.2 Å². The number of hydrogen-bond acceptors (Lipinski definition) is 2. The molecule has 2 heterocycles. The van der Waals surface area contributed by atoms with E-state index < -0.39 is 0 Å². The molecular formula is C51H36N2O. The maximum absolute atomic E-state index is 6.42. The van der Waals surface area contributed by atoms with Gasteiger partial charge in [-0.25, -0.2) is 0 Å². The van der Waals surface area contributed by atoms with E-state index in [1.165, 1.54) is 44.2 Å². The van der Waals surface area contributed by atoms with Gasteiger partial charge < -0.3 is 13.9 Å². The van der Waals surface area contributed by atoms with Crippen molar-refractivity contribution >= 4 is 60.8 Å². The standard InChI is InChI=1S/C51H36N2O/c1-51(2)44-19-11-9-17-39(44)40-27-25-38(32-45(40)51)52(36-23-21-34(22-24-36)33-13-5-3-6-14-33)37-26-29-46-43(31-37)41-28-30-48-49(42-18-10-12-20-47(42)54-48)50(41)53(46)35-15-7-4-8-16-35/h3-32H,1-2H3. The summed E-state index contributed by atoms with van der Waals surface area (Å²) < 4.78 is 8.83. The first-order chi connectivity index (χ1) is 26.5. The quantitative estimate of drug-likeness (QED) is 0.179. The molecule has 3 nitrogen and oxygen atoms in total. The zero-order chi connectivity index (χ0) is 36.0. The van der Waals surface area contributed by atoms with Crippen molar-refractivity contribution in [1.82, 2.24) is 4.57 Å². The molecule has 0 fully saturated rings. The topological polar surface area (TPSA) is 21.3 Å². The highest BCUT2D eigenvalue weighted by atomic mass is 16.3. The second-order valence-electron chi connectivity index (χ2n) is 15.0. The number of para-hydroxylation sites is 2. The van der Waals surface area contributed by atoms with Crippen molar-refractivity contribution in [2.24, 2.45) is 0 Å². The molecule has 0 aliphatic heterocycles. The fraction of sp³-hybridized carbons (Fsp3) is 0.0588. The number of hydrogen-bond donors (Lipinski definition) is 0. The Labute approximate surface area is 314 Å². The van der Waals surface area contributed by atoms with Crippen LogP contribution in [0, 0.1) is 0 Å². The van der Waals surface area contributed by atoms with E-state index >= 15 is 0 Å². The van der Waals surface area contributed by atoms with Crippen LogP contribution in [0.3, 0.4) is 0 Å². The zero-order valence-corrected chi connectivity index (χ0v) is 30.1. The monoisotopic (exact) mass is 692 g/mol. The molecule has 1 aliphatic rings. The lowest BCUT2D eigenvalue weighted by molar-refractivity contribution is 0.660. The normalized spacial score (nSPS) is 13.1. The maximum atomic E-state index is 6.42. The first-order valence-electron chi connectivity index (χ1n) is 18.7. The summed E-state index contributed by atoms with van der Waals surface area (Å²) in [5.41, 5.74) is 16.2. The predicted molar refractivity (Wildman–Crippen MR) is 226 cm³/mol. The van der Waals surface area contributed by atoms with E-state index in [1.807, 2.05) is 6.07 Å². The molecule has 0 spiro atoms. The summed E-state index contributed by atoms with van der Waals surface area (Å²) in [6, 6.07) is 65.9. The zero-order valence-electron chi connectivity index (χ0n) is 30.1. The van der Waals surface area contributed by atoms with Crippen LogP contribution in [-0.4, -0.2) is 4.57 Å². The molecule has 256 valence electrons. The van der Waals surface area contributed by atoms with Crippen LogP contribution in [0.2, 0.25) is 0 Å². The Kier molecular flexibility index (Phi) is 6.60. The molecule has 0 bridgehead atoms. The molecule has 3 heteroatoms. The Morgan fingerprint density at radius 3 is 1.94 bits per heavy atom. The van der Waals surface area contributed by atoms with Crippen LogP contribution in [0.25, 0.3) is 71.7 Å². The summed E-state index contributed by atoms with van der Waals surface area (Å²) in [5.74, 6) is 0. The summed E-state index contributed by atoms with van der Waals surface area (Å²) in [5, 5.41) is 4.65. The lowest BCUT2D eigenvalue weighted by Crippen LogP contribution is -2.16. The molecule has 10 aromatic rings. The van der Waals surface area contributed by atoms with Crippen LogP contribution in [0.15, 0.2) is 186 Å². The lowest BCUT2D eigenvalue weighted by Gasteiger charge is -2.28. The van der Waals surface area contributed by atoms with Gasteiger partial charge in [-0.1, -0.05) is 123 Å². The minimum atomic E-state index is -0.115. The number of anilines is 3. The molecule has 0 saturated carbocycles. The van der Waals surface area contributed by atoms with Gasteiger partial charge in [0.2, 0.25) is 0 Å². The van der Waals surface area contributed by atoms with Crippen LogP contribution in [0.4, 0.5) is 17.1 Å². The van der Waals surface area contributed by atoms with Gasteiger partial charge in [0.15, 0.2) is 0 Å². The van der Waals surface area contributed by atoms with Crippen LogP contribution in [-0.2, 0) is 5.41 Å². The third-order valence-electron chi connectivity index (χ3n) is 11.6. The Morgan fingerprint density at radius 2 is 1.11 bits per heavy atom. The molecule has 54 heavy (non-hydrogen) atoms. The summed E-state index contributed by atoms with van der Waals surface area (Å²) >= 11 is 0. The largest absolute Gasteiger partial charge is 0.456 e. The van der Waals surface area contributed by atoms with Gasteiger partial charge >= 0.3 is 0 Å². The summed E-state index contributed by atoms with van der Waals surface area (Å²) in [6.07, 6.45) is 0. The van der Waals surface area contributed by atoms with Crippen LogP contribution in [0.5, 0.6) is 0 Å². The number of fused-ring (bicyclic) bond motifs is 10. The highest BCUT2D eigenvalue weighted by Crippen LogP contribution is 2.51. The van der Waals surface area contributed by atoms with Crippen molar-refractivity contribution in [1.29, 1.82) is 0 Å². The molecule has 0 amide bonds. The Balaban J connectivity index is 1.16. The average Bonchev–Trinajstić information content (AvgIpc) is 3.84. The van der Waals surface area contributed by atoms with Gasteiger partial charge in [-0.15, -0.1) is 0 Å². The Hall–Kier alpha value is -6.84. The molecule has 8 aromatic carbocycles. The van der Waals surface area contributed by atoms with Gasteiger partial charge in [-0.05, 0) is 106 Å². The molecule has 0 unspecified atom stereocenters. The van der Waals surface area contributed by atoms with Crippen molar-refractivity contribution in [3.63, 3.8) is 0 Å². The fourth-order valence-corrected chi connectivity index (χ4v) is 9.00. The molecule has 11 rings (SSSR count). The first kappa shape index (κ1) is 30.8. The van der Waals surface area contributed by atoms with Gasteiger partial charge in [-0.3, -0.25) is 0 Å². The molecule has 0 saturated heterocycles. The third kappa shape index (κ3) is 4.48. The Bertz CT molecular complexity index is 3060. The van der Waals surface area contributed by atoms with E-state index in [0.717, 1.165) is 55.7 Å². The minimum absolute atomic E-state index is 0.115. The molecule has 0 N–H and O–H groups in total. The van der Waals surface area contributed by atoms with Crippen LogP contribution in [0.1, 0.15) is 25.0 Å². The maximum Gasteiger partial charge on any atom is 0.137 e. The minimum Gasteiger partial charge on any atom is -0.456 e. The van der Waals surface area contributed by atoms with E-state index in [0.29, 0.717) is 0 Å². The molecule has 2 aromatic heterocycles. The first-order valence-corrected chi connectivity index (χ1v) is 18.7. The van der Waals surface area contributed by atoms with Crippen molar-refractivity contribution < 1.29 is 4.42 Å². The predicted octanol–water partition coefficient (Wildman–Crippen LogP) is 14.1. The van der Waals surface area contributed by atoms with Gasteiger partial charge in [-0.2, -0.15) is 0 Å². The second-order valence-corrected chi connectivity index (χ2v) is 15.0. The van der Waals surface area contributed by atoms with Crippen LogP contribution >= 0.6 is 0 Å². The second kappa shape index (κ2) is 11.6. The Morgan fingerprint density at radius 1 is 0.463 bits per heavy atom. The summed E-state index contributed by atoms with van der Waals surface area (Å²) in [7, 11) is 0. The number of nitrogens with zero attached hydrogens (tertiary/aromatic N) is 2. The van der Waals surface area contributed by atoms with E-state index in [1.54, 1.807) is 0 Å². The number of benzene rings is 8. The van der Waals surface area contributed by atoms with E-state index in [4.69, 9.17) is 4.42 Å². The SMILES string of the molecule is CC1(C)c2ccccc2-c2ccc(N(c3ccc(-c4ccccc4)cc3)c3ccc4c(c3)c3ccc5oc6ccccc6c5c3n4-c3ccccc3)cc21. The summed E-state index contributed by atoms with van der Waals surface area (Å²) in [4.78, 5) is 2.42. The number of furan rings is 1. The van der Waals surface area contributed by atoms with Crippen molar-refractivity contribution in [2.75, 3.05) is 4.90 Å². The molecule has 0 atom stereocenters.